The second-order valence-corrected chi connectivity index (χ2v) is 9.05. The maximum absolute atomic E-state index is 12.9. The van der Waals surface area contributed by atoms with Crippen molar-refractivity contribution in [2.45, 2.75) is 70.6 Å². The fraction of sp³-hybridized carbons (Fsp3) is 0.520. The zero-order chi connectivity index (χ0) is 26.3. The molecular formula is C25H38N4O6. The summed E-state index contributed by atoms with van der Waals surface area (Å²) in [5.41, 5.74) is 0.250. The molecular weight excluding hydrogens is 452 g/mol. The number of carbonyl (C=O) groups is 4. The van der Waals surface area contributed by atoms with Crippen molar-refractivity contribution in [1.29, 1.82) is 0 Å². The standard InChI is InChI=1S/C25H38N4O6/c1-5-6-15-26-21(30)20(17-18-12-8-7-9-13-18)28-22(31)19(29-23(32)33)14-10-11-16-27-24(34)35-25(2,3)4/h5,7-9,12-13,19-20,29H,1,6,10-11,14-17H2,2-4H3,(H,26,30)(H,27,34)(H,28,31)(H,32,33)/t19-,20+/m0/s1. The monoisotopic (exact) mass is 490 g/mol. The van der Waals surface area contributed by atoms with Crippen LogP contribution < -0.4 is 21.3 Å². The fourth-order valence-electron chi connectivity index (χ4n) is 3.15. The molecule has 194 valence electrons. The van der Waals surface area contributed by atoms with E-state index in [2.05, 4.69) is 27.8 Å². The van der Waals surface area contributed by atoms with E-state index in [1.807, 2.05) is 30.3 Å². The molecule has 0 aliphatic rings. The van der Waals surface area contributed by atoms with Crippen LogP contribution in [0, 0.1) is 0 Å². The minimum absolute atomic E-state index is 0.199. The SMILES string of the molecule is C=CCCNC(=O)[C@@H](Cc1ccccc1)NC(=O)[C@H](CCCCNC(=O)OC(C)(C)C)NC(=O)O. The van der Waals surface area contributed by atoms with E-state index in [1.165, 1.54) is 0 Å². The Balaban J connectivity index is 2.71. The van der Waals surface area contributed by atoms with E-state index >= 15 is 0 Å². The largest absolute Gasteiger partial charge is 0.465 e. The Morgan fingerprint density at radius 2 is 1.66 bits per heavy atom. The van der Waals surface area contributed by atoms with Crippen molar-refractivity contribution in [3.8, 4) is 0 Å². The number of ether oxygens (including phenoxy) is 1. The predicted octanol–water partition coefficient (Wildman–Crippen LogP) is 2.74. The summed E-state index contributed by atoms with van der Waals surface area (Å²) in [5.74, 6) is -0.952. The van der Waals surface area contributed by atoms with Gasteiger partial charge in [-0.15, -0.1) is 6.58 Å². The number of carboxylic acid groups (broad SMARTS) is 1. The lowest BCUT2D eigenvalue weighted by molar-refractivity contribution is -0.130. The first-order valence-corrected chi connectivity index (χ1v) is 11.7. The summed E-state index contributed by atoms with van der Waals surface area (Å²) < 4.78 is 5.16. The molecule has 0 unspecified atom stereocenters. The average molecular weight is 491 g/mol. The maximum Gasteiger partial charge on any atom is 0.407 e. The van der Waals surface area contributed by atoms with Crippen LogP contribution in [0.5, 0.6) is 0 Å². The van der Waals surface area contributed by atoms with Crippen molar-refractivity contribution >= 4 is 24.0 Å². The van der Waals surface area contributed by atoms with Crippen molar-refractivity contribution in [2.24, 2.45) is 0 Å². The first-order valence-electron chi connectivity index (χ1n) is 11.7. The third-order valence-electron chi connectivity index (χ3n) is 4.77. The van der Waals surface area contributed by atoms with Crippen LogP contribution in [0.15, 0.2) is 43.0 Å². The number of hydrogen-bond acceptors (Lipinski definition) is 5. The normalized spacial score (nSPS) is 12.5. The van der Waals surface area contributed by atoms with Gasteiger partial charge in [-0.25, -0.2) is 9.59 Å². The molecule has 0 aromatic heterocycles. The highest BCUT2D eigenvalue weighted by atomic mass is 16.6. The lowest BCUT2D eigenvalue weighted by atomic mass is 10.0. The van der Waals surface area contributed by atoms with E-state index in [4.69, 9.17) is 4.74 Å². The van der Waals surface area contributed by atoms with Gasteiger partial charge in [-0.3, -0.25) is 9.59 Å². The molecule has 0 fully saturated rings. The molecule has 0 bridgehead atoms. The van der Waals surface area contributed by atoms with Gasteiger partial charge in [0.05, 0.1) is 0 Å². The van der Waals surface area contributed by atoms with Crippen LogP contribution in [-0.2, 0) is 20.7 Å². The number of amides is 4. The Hall–Kier alpha value is -3.56. The van der Waals surface area contributed by atoms with E-state index in [0.717, 1.165) is 5.56 Å². The number of rotatable bonds is 14. The highest BCUT2D eigenvalue weighted by molar-refractivity contribution is 5.91. The maximum atomic E-state index is 12.9. The van der Waals surface area contributed by atoms with Crippen LogP contribution in [0.4, 0.5) is 9.59 Å². The van der Waals surface area contributed by atoms with Crippen molar-refractivity contribution < 1.29 is 29.0 Å². The van der Waals surface area contributed by atoms with Gasteiger partial charge in [0.1, 0.15) is 17.7 Å². The number of alkyl carbamates (subject to hydrolysis) is 1. The Morgan fingerprint density at radius 1 is 0.971 bits per heavy atom. The first-order chi connectivity index (χ1) is 16.5. The highest BCUT2D eigenvalue weighted by Crippen LogP contribution is 2.08. The molecule has 0 aliphatic heterocycles. The van der Waals surface area contributed by atoms with Gasteiger partial charge >= 0.3 is 12.2 Å². The van der Waals surface area contributed by atoms with Crippen molar-refractivity contribution in [2.75, 3.05) is 13.1 Å². The Labute approximate surface area is 206 Å². The summed E-state index contributed by atoms with van der Waals surface area (Å²) >= 11 is 0. The van der Waals surface area contributed by atoms with Crippen molar-refractivity contribution in [1.82, 2.24) is 21.3 Å². The smallest absolute Gasteiger partial charge is 0.407 e. The molecule has 0 aliphatic carbocycles. The number of carbonyl (C=O) groups excluding carboxylic acids is 3. The summed E-state index contributed by atoms with van der Waals surface area (Å²) in [7, 11) is 0. The van der Waals surface area contributed by atoms with Crippen LogP contribution in [0.25, 0.3) is 0 Å². The molecule has 0 saturated carbocycles. The van der Waals surface area contributed by atoms with E-state index in [1.54, 1.807) is 26.8 Å². The van der Waals surface area contributed by atoms with Gasteiger partial charge in [0, 0.05) is 19.5 Å². The molecule has 10 nitrogen and oxygen atoms in total. The number of hydrogen-bond donors (Lipinski definition) is 5. The van der Waals surface area contributed by atoms with Gasteiger partial charge < -0.3 is 31.1 Å². The molecule has 0 spiro atoms. The summed E-state index contributed by atoms with van der Waals surface area (Å²) in [6.07, 6.45) is 1.81. The molecule has 35 heavy (non-hydrogen) atoms. The Kier molecular flexibility index (Phi) is 12.9. The highest BCUT2D eigenvalue weighted by Gasteiger charge is 2.26. The van der Waals surface area contributed by atoms with Gasteiger partial charge in [0.25, 0.3) is 0 Å². The quantitative estimate of drug-likeness (QED) is 0.200. The molecule has 1 aromatic carbocycles. The van der Waals surface area contributed by atoms with E-state index in [-0.39, 0.29) is 18.7 Å². The summed E-state index contributed by atoms with van der Waals surface area (Å²) in [6, 6.07) is 7.30. The van der Waals surface area contributed by atoms with Gasteiger partial charge in [-0.05, 0) is 52.0 Å². The lowest BCUT2D eigenvalue weighted by Gasteiger charge is -2.23. The van der Waals surface area contributed by atoms with Crippen LogP contribution in [-0.4, -0.2) is 59.9 Å². The van der Waals surface area contributed by atoms with Crippen LogP contribution in [0.2, 0.25) is 0 Å². The fourth-order valence-corrected chi connectivity index (χ4v) is 3.15. The third kappa shape index (κ3) is 13.7. The van der Waals surface area contributed by atoms with E-state index in [0.29, 0.717) is 32.4 Å². The Morgan fingerprint density at radius 3 is 2.26 bits per heavy atom. The molecule has 0 heterocycles. The summed E-state index contributed by atoms with van der Waals surface area (Å²) in [5, 5.41) is 19.5. The summed E-state index contributed by atoms with van der Waals surface area (Å²) in [4.78, 5) is 48.6. The third-order valence-corrected chi connectivity index (χ3v) is 4.77. The van der Waals surface area contributed by atoms with E-state index < -0.39 is 35.8 Å². The molecule has 2 atom stereocenters. The molecule has 1 aromatic rings. The second-order valence-electron chi connectivity index (χ2n) is 9.05. The van der Waals surface area contributed by atoms with Crippen LogP contribution >= 0.6 is 0 Å². The Bertz CT molecular complexity index is 838. The van der Waals surface area contributed by atoms with Crippen LogP contribution in [0.3, 0.4) is 0 Å². The topological polar surface area (TPSA) is 146 Å². The molecule has 0 saturated heterocycles. The van der Waals surface area contributed by atoms with Crippen LogP contribution in [0.1, 0.15) is 52.0 Å². The number of benzene rings is 1. The number of unbranched alkanes of at least 4 members (excludes halogenated alkanes) is 1. The minimum atomic E-state index is -1.34. The van der Waals surface area contributed by atoms with Gasteiger partial charge in [0.15, 0.2) is 0 Å². The predicted molar refractivity (Wildman–Crippen MR) is 133 cm³/mol. The minimum Gasteiger partial charge on any atom is -0.465 e. The number of nitrogens with one attached hydrogen (secondary N) is 4. The summed E-state index contributed by atoms with van der Waals surface area (Å²) in [6.45, 7) is 9.61. The molecule has 5 N–H and O–H groups in total. The lowest BCUT2D eigenvalue weighted by Crippen LogP contribution is -2.54. The second kappa shape index (κ2) is 15.4. The van der Waals surface area contributed by atoms with Gasteiger partial charge in [-0.1, -0.05) is 36.4 Å². The molecule has 1 rings (SSSR count). The van der Waals surface area contributed by atoms with Gasteiger partial charge in [-0.2, -0.15) is 0 Å². The zero-order valence-electron chi connectivity index (χ0n) is 20.8. The first kappa shape index (κ1) is 29.5. The molecule has 0 radical (unpaired) electrons. The van der Waals surface area contributed by atoms with E-state index in [9.17, 15) is 24.3 Å². The van der Waals surface area contributed by atoms with Crippen molar-refractivity contribution in [3.05, 3.63) is 48.6 Å². The van der Waals surface area contributed by atoms with Gasteiger partial charge in [0.2, 0.25) is 11.8 Å². The molecule has 4 amide bonds. The molecule has 10 heteroatoms. The average Bonchev–Trinajstić information content (AvgIpc) is 2.77. The zero-order valence-corrected chi connectivity index (χ0v) is 20.8. The van der Waals surface area contributed by atoms with Crippen molar-refractivity contribution in [3.63, 3.8) is 0 Å².